The first-order valence-electron chi connectivity index (χ1n) is 5.64. The fraction of sp³-hybridized carbons (Fsp3) is 0.364. The van der Waals surface area contributed by atoms with Crippen molar-refractivity contribution in [1.82, 2.24) is 19.5 Å². The number of aromatic nitrogens is 4. The topological polar surface area (TPSA) is 110 Å². The van der Waals surface area contributed by atoms with E-state index in [0.29, 0.717) is 18.5 Å². The van der Waals surface area contributed by atoms with E-state index in [-0.39, 0.29) is 23.1 Å². The molecule has 0 saturated heterocycles. The van der Waals surface area contributed by atoms with Crippen molar-refractivity contribution in [3.05, 3.63) is 28.8 Å². The summed E-state index contributed by atoms with van der Waals surface area (Å²) in [7, 11) is 0. The third kappa shape index (κ3) is 1.52. The van der Waals surface area contributed by atoms with E-state index in [1.54, 1.807) is 10.9 Å². The third-order valence-corrected chi connectivity index (χ3v) is 3.25. The molecule has 2 aromatic heterocycles. The van der Waals surface area contributed by atoms with Crippen molar-refractivity contribution in [1.29, 1.82) is 0 Å². The number of aliphatic hydroxyl groups excluding tert-OH is 1. The lowest BCUT2D eigenvalue weighted by Gasteiger charge is -2.13. The number of aromatic amines is 1. The predicted octanol–water partition coefficient (Wildman–Crippen LogP) is -0.0462. The summed E-state index contributed by atoms with van der Waals surface area (Å²) in [4.78, 5) is 22.2. The molecule has 4 N–H and O–H groups in total. The van der Waals surface area contributed by atoms with Crippen LogP contribution in [-0.2, 0) is 0 Å². The van der Waals surface area contributed by atoms with Crippen LogP contribution in [0.5, 0.6) is 0 Å². The maximum absolute atomic E-state index is 11.7. The van der Waals surface area contributed by atoms with Crippen molar-refractivity contribution >= 4 is 17.1 Å². The van der Waals surface area contributed by atoms with E-state index in [4.69, 9.17) is 5.73 Å². The number of hydrogen-bond acceptors (Lipinski definition) is 5. The highest BCUT2D eigenvalue weighted by molar-refractivity contribution is 5.70. The molecule has 1 aliphatic rings. The number of nitrogen functional groups attached to an aromatic ring is 1. The standard InChI is InChI=1S/C11H13N5O2/c1-5-2-6(17)3-7(5)16-4-13-8-9(16)14-11(12)15-10(8)18/h4,6-7,17H,1-3H2,(H3,12,14,15,18)/t6-,7?/m1/s1. The Morgan fingerprint density at radius 1 is 1.61 bits per heavy atom. The highest BCUT2D eigenvalue weighted by Crippen LogP contribution is 2.35. The molecule has 2 aromatic rings. The summed E-state index contributed by atoms with van der Waals surface area (Å²) in [5.41, 5.74) is 6.75. The first-order valence-corrected chi connectivity index (χ1v) is 5.64. The Labute approximate surface area is 102 Å². The number of nitrogens with zero attached hydrogens (tertiary/aromatic N) is 3. The molecule has 0 amide bonds. The second-order valence-corrected chi connectivity index (χ2v) is 4.54. The first-order chi connectivity index (χ1) is 8.56. The van der Waals surface area contributed by atoms with Gasteiger partial charge < -0.3 is 15.4 Å². The van der Waals surface area contributed by atoms with E-state index in [1.165, 1.54) is 0 Å². The molecule has 1 fully saturated rings. The maximum atomic E-state index is 11.7. The Kier molecular flexibility index (Phi) is 2.24. The molecular formula is C11H13N5O2. The lowest BCUT2D eigenvalue weighted by atomic mass is 10.2. The van der Waals surface area contributed by atoms with E-state index in [9.17, 15) is 9.90 Å². The van der Waals surface area contributed by atoms with E-state index in [2.05, 4.69) is 21.5 Å². The Morgan fingerprint density at radius 2 is 2.39 bits per heavy atom. The van der Waals surface area contributed by atoms with Gasteiger partial charge in [0.25, 0.3) is 5.56 Å². The third-order valence-electron chi connectivity index (χ3n) is 3.25. The molecule has 2 heterocycles. The van der Waals surface area contributed by atoms with Crippen molar-refractivity contribution in [3.8, 4) is 0 Å². The molecule has 2 atom stereocenters. The molecule has 1 aliphatic carbocycles. The van der Waals surface area contributed by atoms with Gasteiger partial charge in [-0.15, -0.1) is 0 Å². The van der Waals surface area contributed by atoms with E-state index >= 15 is 0 Å². The molecule has 7 heteroatoms. The van der Waals surface area contributed by atoms with Crippen LogP contribution in [0.3, 0.4) is 0 Å². The zero-order valence-electron chi connectivity index (χ0n) is 9.63. The Bertz CT molecular complexity index is 686. The van der Waals surface area contributed by atoms with Crippen LogP contribution >= 0.6 is 0 Å². The van der Waals surface area contributed by atoms with Gasteiger partial charge >= 0.3 is 0 Å². The molecular weight excluding hydrogens is 234 g/mol. The van der Waals surface area contributed by atoms with Gasteiger partial charge in [-0.2, -0.15) is 4.98 Å². The van der Waals surface area contributed by atoms with Crippen LogP contribution in [0.2, 0.25) is 0 Å². The number of anilines is 1. The second kappa shape index (κ2) is 3.67. The number of nitrogens with two attached hydrogens (primary N) is 1. The van der Waals surface area contributed by atoms with Crippen LogP contribution in [0.4, 0.5) is 5.95 Å². The van der Waals surface area contributed by atoms with E-state index in [0.717, 1.165) is 5.57 Å². The highest BCUT2D eigenvalue weighted by atomic mass is 16.3. The summed E-state index contributed by atoms with van der Waals surface area (Å²) in [6, 6.07) is -0.0845. The predicted molar refractivity (Wildman–Crippen MR) is 66.0 cm³/mol. The SMILES string of the molecule is C=C1C[C@@H](O)CC1n1cnc2c(=O)[nH]c(N)nc21. The number of rotatable bonds is 1. The minimum absolute atomic E-state index is 0.0541. The molecule has 0 spiro atoms. The van der Waals surface area contributed by atoms with Crippen molar-refractivity contribution in [2.24, 2.45) is 0 Å². The molecule has 0 bridgehead atoms. The number of imidazole rings is 1. The molecule has 18 heavy (non-hydrogen) atoms. The number of nitrogens with one attached hydrogen (secondary N) is 1. The van der Waals surface area contributed by atoms with Gasteiger partial charge in [-0.25, -0.2) is 4.98 Å². The van der Waals surface area contributed by atoms with E-state index < -0.39 is 6.10 Å². The van der Waals surface area contributed by atoms with Gasteiger partial charge in [0.15, 0.2) is 11.2 Å². The average Bonchev–Trinajstić information content (AvgIpc) is 2.82. The molecule has 0 aromatic carbocycles. The summed E-state index contributed by atoms with van der Waals surface area (Å²) < 4.78 is 1.75. The van der Waals surface area contributed by atoms with Crippen molar-refractivity contribution in [2.45, 2.75) is 25.0 Å². The van der Waals surface area contributed by atoms with Crippen molar-refractivity contribution < 1.29 is 5.11 Å². The van der Waals surface area contributed by atoms with Crippen LogP contribution in [0.1, 0.15) is 18.9 Å². The van der Waals surface area contributed by atoms with Gasteiger partial charge in [0.1, 0.15) is 0 Å². The monoisotopic (exact) mass is 247 g/mol. The molecule has 7 nitrogen and oxygen atoms in total. The van der Waals surface area contributed by atoms with Crippen molar-refractivity contribution in [3.63, 3.8) is 0 Å². The van der Waals surface area contributed by atoms with Crippen LogP contribution < -0.4 is 11.3 Å². The van der Waals surface area contributed by atoms with Crippen molar-refractivity contribution in [2.75, 3.05) is 5.73 Å². The Balaban J connectivity index is 2.19. The highest BCUT2D eigenvalue weighted by Gasteiger charge is 2.29. The summed E-state index contributed by atoms with van der Waals surface area (Å²) in [6.07, 6.45) is 2.25. The van der Waals surface area contributed by atoms with Gasteiger partial charge in [0.05, 0.1) is 18.5 Å². The summed E-state index contributed by atoms with van der Waals surface area (Å²) >= 11 is 0. The number of fused-ring (bicyclic) bond motifs is 1. The molecule has 0 radical (unpaired) electrons. The van der Waals surface area contributed by atoms with Gasteiger partial charge in [-0.3, -0.25) is 9.78 Å². The zero-order chi connectivity index (χ0) is 12.9. The fourth-order valence-corrected chi connectivity index (χ4v) is 2.43. The summed E-state index contributed by atoms with van der Waals surface area (Å²) in [6.45, 7) is 3.94. The van der Waals surface area contributed by atoms with Crippen LogP contribution in [-0.4, -0.2) is 30.7 Å². The Morgan fingerprint density at radius 3 is 3.06 bits per heavy atom. The number of aliphatic hydroxyl groups is 1. The largest absolute Gasteiger partial charge is 0.393 e. The molecule has 0 aliphatic heterocycles. The van der Waals surface area contributed by atoms with Crippen LogP contribution in [0.25, 0.3) is 11.2 Å². The molecule has 1 unspecified atom stereocenters. The number of hydrogen-bond donors (Lipinski definition) is 3. The van der Waals surface area contributed by atoms with Crippen LogP contribution in [0, 0.1) is 0 Å². The normalized spacial score (nSPS) is 23.9. The molecule has 1 saturated carbocycles. The minimum Gasteiger partial charge on any atom is -0.393 e. The maximum Gasteiger partial charge on any atom is 0.280 e. The quantitative estimate of drug-likeness (QED) is 0.612. The lowest BCUT2D eigenvalue weighted by molar-refractivity contribution is 0.179. The lowest BCUT2D eigenvalue weighted by Crippen LogP contribution is -2.14. The number of H-pyrrole nitrogens is 1. The van der Waals surface area contributed by atoms with Gasteiger partial charge in [0, 0.05) is 0 Å². The smallest absolute Gasteiger partial charge is 0.280 e. The fourth-order valence-electron chi connectivity index (χ4n) is 2.43. The molecule has 94 valence electrons. The van der Waals surface area contributed by atoms with Crippen LogP contribution in [0.15, 0.2) is 23.3 Å². The second-order valence-electron chi connectivity index (χ2n) is 4.54. The Hall–Kier alpha value is -2.15. The average molecular weight is 247 g/mol. The zero-order valence-corrected chi connectivity index (χ0v) is 9.63. The van der Waals surface area contributed by atoms with Gasteiger partial charge in [-0.1, -0.05) is 12.2 Å². The minimum atomic E-state index is -0.403. The summed E-state index contributed by atoms with van der Waals surface area (Å²) in [5, 5.41) is 9.64. The first kappa shape index (κ1) is 11.0. The summed E-state index contributed by atoms with van der Waals surface area (Å²) in [5.74, 6) is 0.0541. The van der Waals surface area contributed by atoms with Gasteiger partial charge in [0.2, 0.25) is 5.95 Å². The van der Waals surface area contributed by atoms with Gasteiger partial charge in [-0.05, 0) is 12.8 Å². The van der Waals surface area contributed by atoms with E-state index in [1.807, 2.05) is 0 Å². The molecule has 3 rings (SSSR count).